The monoisotopic (exact) mass is 327 g/mol. The number of nitro benzene ring substituents is 1. The SMILES string of the molecule is O=[N+]([O-])c1ccc(CBr)cc1OCc1cccs1. The first-order chi connectivity index (χ1) is 8.70. The van der Waals surface area contributed by atoms with Crippen LogP contribution in [0.25, 0.3) is 0 Å². The Hall–Kier alpha value is -1.40. The van der Waals surface area contributed by atoms with Crippen LogP contribution >= 0.6 is 27.3 Å². The average Bonchev–Trinajstić information content (AvgIpc) is 2.88. The lowest BCUT2D eigenvalue weighted by Crippen LogP contribution is -1.98. The molecule has 94 valence electrons. The molecule has 0 amide bonds. The zero-order valence-corrected chi connectivity index (χ0v) is 11.7. The van der Waals surface area contributed by atoms with E-state index >= 15 is 0 Å². The summed E-state index contributed by atoms with van der Waals surface area (Å²) in [6, 6.07) is 8.74. The number of halogens is 1. The van der Waals surface area contributed by atoms with E-state index in [1.807, 2.05) is 17.5 Å². The van der Waals surface area contributed by atoms with Crippen molar-refractivity contribution in [3.05, 3.63) is 56.3 Å². The van der Waals surface area contributed by atoms with E-state index in [2.05, 4.69) is 15.9 Å². The first kappa shape index (κ1) is 13.0. The Balaban J connectivity index is 2.20. The Labute approximate surface area is 116 Å². The molecule has 2 rings (SSSR count). The van der Waals surface area contributed by atoms with Crippen molar-refractivity contribution < 1.29 is 9.66 Å². The van der Waals surface area contributed by atoms with Crippen molar-refractivity contribution in [3.8, 4) is 5.75 Å². The maximum atomic E-state index is 10.9. The molecule has 1 aromatic heterocycles. The van der Waals surface area contributed by atoms with Gasteiger partial charge in [-0.05, 0) is 23.1 Å². The zero-order valence-electron chi connectivity index (χ0n) is 9.34. The van der Waals surface area contributed by atoms with Crippen LogP contribution < -0.4 is 4.74 Å². The van der Waals surface area contributed by atoms with Gasteiger partial charge in [-0.1, -0.05) is 28.1 Å². The molecule has 0 saturated carbocycles. The molecule has 18 heavy (non-hydrogen) atoms. The topological polar surface area (TPSA) is 52.4 Å². The predicted molar refractivity (Wildman–Crippen MR) is 74.4 cm³/mol. The minimum Gasteiger partial charge on any atom is -0.481 e. The van der Waals surface area contributed by atoms with Gasteiger partial charge in [0.1, 0.15) is 6.61 Å². The summed E-state index contributed by atoms with van der Waals surface area (Å²) >= 11 is 4.88. The number of nitro groups is 1. The highest BCUT2D eigenvalue weighted by molar-refractivity contribution is 9.08. The lowest BCUT2D eigenvalue weighted by atomic mass is 10.2. The van der Waals surface area contributed by atoms with Gasteiger partial charge in [0.25, 0.3) is 0 Å². The molecule has 4 nitrogen and oxygen atoms in total. The maximum absolute atomic E-state index is 10.9. The molecule has 0 saturated heterocycles. The van der Waals surface area contributed by atoms with Gasteiger partial charge in [-0.2, -0.15) is 0 Å². The summed E-state index contributed by atoms with van der Waals surface area (Å²) in [5.74, 6) is 0.311. The van der Waals surface area contributed by atoms with E-state index in [9.17, 15) is 10.1 Å². The van der Waals surface area contributed by atoms with E-state index in [-0.39, 0.29) is 5.69 Å². The number of hydrogen-bond acceptors (Lipinski definition) is 4. The first-order valence-electron chi connectivity index (χ1n) is 5.19. The fourth-order valence-electron chi connectivity index (χ4n) is 1.45. The average molecular weight is 328 g/mol. The highest BCUT2D eigenvalue weighted by atomic mass is 79.9. The molecular weight excluding hydrogens is 318 g/mol. The maximum Gasteiger partial charge on any atom is 0.310 e. The molecule has 0 aliphatic rings. The van der Waals surface area contributed by atoms with Gasteiger partial charge in [-0.25, -0.2) is 0 Å². The van der Waals surface area contributed by atoms with Crippen LogP contribution in [0.1, 0.15) is 10.4 Å². The van der Waals surface area contributed by atoms with Gasteiger partial charge in [0.15, 0.2) is 5.75 Å². The standard InChI is InChI=1S/C12H10BrNO3S/c13-7-9-3-4-11(14(15)16)12(6-9)17-8-10-2-1-5-18-10/h1-6H,7-8H2. The number of hydrogen-bond donors (Lipinski definition) is 0. The quantitative estimate of drug-likeness (QED) is 0.471. The van der Waals surface area contributed by atoms with Crippen LogP contribution in [0.15, 0.2) is 35.7 Å². The summed E-state index contributed by atoms with van der Waals surface area (Å²) in [6.07, 6.45) is 0. The highest BCUT2D eigenvalue weighted by Crippen LogP contribution is 2.29. The third-order valence-corrected chi connectivity index (χ3v) is 3.82. The second-order valence-electron chi connectivity index (χ2n) is 3.56. The van der Waals surface area contributed by atoms with Crippen molar-refractivity contribution in [2.24, 2.45) is 0 Å². The van der Waals surface area contributed by atoms with Gasteiger partial charge in [-0.15, -0.1) is 11.3 Å². The number of alkyl halides is 1. The van der Waals surface area contributed by atoms with E-state index in [1.165, 1.54) is 6.07 Å². The fraction of sp³-hybridized carbons (Fsp3) is 0.167. The van der Waals surface area contributed by atoms with Crippen LogP contribution in [-0.2, 0) is 11.9 Å². The van der Waals surface area contributed by atoms with Crippen LogP contribution in [0.2, 0.25) is 0 Å². The Morgan fingerprint density at radius 2 is 2.22 bits per heavy atom. The molecule has 0 aliphatic heterocycles. The highest BCUT2D eigenvalue weighted by Gasteiger charge is 2.15. The minimum absolute atomic E-state index is 0.00347. The smallest absolute Gasteiger partial charge is 0.310 e. The van der Waals surface area contributed by atoms with Gasteiger partial charge in [0.05, 0.1) is 4.92 Å². The molecular formula is C12H10BrNO3S. The van der Waals surface area contributed by atoms with Crippen molar-refractivity contribution in [2.75, 3.05) is 0 Å². The van der Waals surface area contributed by atoms with Crippen LogP contribution in [-0.4, -0.2) is 4.92 Å². The zero-order chi connectivity index (χ0) is 13.0. The molecule has 0 unspecified atom stereocenters. The molecule has 0 spiro atoms. The van der Waals surface area contributed by atoms with E-state index in [0.717, 1.165) is 10.4 Å². The Morgan fingerprint density at radius 1 is 1.39 bits per heavy atom. The lowest BCUT2D eigenvalue weighted by molar-refractivity contribution is -0.385. The third kappa shape index (κ3) is 3.08. The molecule has 0 fully saturated rings. The van der Waals surface area contributed by atoms with Crippen molar-refractivity contribution in [3.63, 3.8) is 0 Å². The van der Waals surface area contributed by atoms with E-state index in [4.69, 9.17) is 4.74 Å². The normalized spacial score (nSPS) is 10.3. The summed E-state index contributed by atoms with van der Waals surface area (Å²) in [7, 11) is 0. The molecule has 6 heteroatoms. The van der Waals surface area contributed by atoms with Crippen LogP contribution in [0.5, 0.6) is 5.75 Å². The van der Waals surface area contributed by atoms with E-state index in [1.54, 1.807) is 23.5 Å². The van der Waals surface area contributed by atoms with Crippen molar-refractivity contribution in [1.82, 2.24) is 0 Å². The Kier molecular flexibility index (Phi) is 4.33. The molecule has 2 aromatic rings. The number of thiophene rings is 1. The van der Waals surface area contributed by atoms with E-state index < -0.39 is 4.92 Å². The summed E-state index contributed by atoms with van der Waals surface area (Å²) in [4.78, 5) is 11.5. The number of nitrogens with zero attached hydrogens (tertiary/aromatic N) is 1. The molecule has 1 aromatic carbocycles. The largest absolute Gasteiger partial charge is 0.481 e. The van der Waals surface area contributed by atoms with Gasteiger partial charge >= 0.3 is 5.69 Å². The van der Waals surface area contributed by atoms with Crippen molar-refractivity contribution in [1.29, 1.82) is 0 Å². The summed E-state index contributed by atoms with van der Waals surface area (Å²) in [6.45, 7) is 0.351. The van der Waals surface area contributed by atoms with Crippen molar-refractivity contribution in [2.45, 2.75) is 11.9 Å². The molecule has 1 heterocycles. The summed E-state index contributed by atoms with van der Waals surface area (Å²) in [5.41, 5.74) is 0.943. The van der Waals surface area contributed by atoms with Crippen LogP contribution in [0.3, 0.4) is 0 Å². The lowest BCUT2D eigenvalue weighted by Gasteiger charge is -2.06. The Bertz CT molecular complexity index is 542. The van der Waals surface area contributed by atoms with Gasteiger partial charge in [0.2, 0.25) is 0 Å². The van der Waals surface area contributed by atoms with E-state index in [0.29, 0.717) is 17.7 Å². The van der Waals surface area contributed by atoms with Gasteiger partial charge in [0, 0.05) is 16.3 Å². The molecule has 0 radical (unpaired) electrons. The Morgan fingerprint density at radius 3 is 2.83 bits per heavy atom. The first-order valence-corrected chi connectivity index (χ1v) is 7.19. The fourth-order valence-corrected chi connectivity index (χ4v) is 2.42. The number of benzene rings is 1. The second kappa shape index (κ2) is 5.97. The van der Waals surface area contributed by atoms with Gasteiger partial charge in [-0.3, -0.25) is 10.1 Å². The molecule has 0 N–H and O–H groups in total. The number of ether oxygens (including phenoxy) is 1. The van der Waals surface area contributed by atoms with Crippen LogP contribution in [0.4, 0.5) is 5.69 Å². The summed E-state index contributed by atoms with van der Waals surface area (Å²) < 4.78 is 5.53. The van der Waals surface area contributed by atoms with Crippen molar-refractivity contribution >= 4 is 33.0 Å². The molecule has 0 atom stereocenters. The summed E-state index contributed by atoms with van der Waals surface area (Å²) in [5, 5.41) is 13.5. The predicted octanol–water partition coefficient (Wildman–Crippen LogP) is 4.13. The molecule has 0 bridgehead atoms. The minimum atomic E-state index is -0.429. The number of rotatable bonds is 5. The molecule has 0 aliphatic carbocycles. The van der Waals surface area contributed by atoms with Gasteiger partial charge < -0.3 is 4.74 Å². The third-order valence-electron chi connectivity index (χ3n) is 2.33. The second-order valence-corrected chi connectivity index (χ2v) is 5.15. The van der Waals surface area contributed by atoms with Crippen LogP contribution in [0, 0.1) is 10.1 Å².